The van der Waals surface area contributed by atoms with Gasteiger partial charge in [0.15, 0.2) is 0 Å². The fraction of sp³-hybridized carbons (Fsp3) is 0.367. The van der Waals surface area contributed by atoms with E-state index in [4.69, 9.17) is 4.74 Å². The molecule has 1 aliphatic rings. The average molecular weight is 502 g/mol. The van der Waals surface area contributed by atoms with Gasteiger partial charge in [0, 0.05) is 45.2 Å². The van der Waals surface area contributed by atoms with Crippen LogP contribution in [0.5, 0.6) is 0 Å². The van der Waals surface area contributed by atoms with E-state index < -0.39 is 17.3 Å². The molecule has 0 bridgehead atoms. The van der Waals surface area contributed by atoms with E-state index in [9.17, 15) is 14.7 Å². The lowest BCUT2D eigenvalue weighted by Crippen LogP contribution is -2.51. The van der Waals surface area contributed by atoms with Crippen molar-refractivity contribution in [2.45, 2.75) is 50.9 Å². The molecule has 0 spiro atoms. The third kappa shape index (κ3) is 5.83. The van der Waals surface area contributed by atoms with Crippen LogP contribution in [0.15, 0.2) is 72.9 Å². The fourth-order valence-corrected chi connectivity index (χ4v) is 4.95. The lowest BCUT2D eigenvalue weighted by Gasteiger charge is -2.45. The summed E-state index contributed by atoms with van der Waals surface area (Å²) in [6, 6.07) is 21.0. The normalized spacial score (nSPS) is 18.8. The Bertz CT molecular complexity index is 1230. The molecule has 0 aliphatic carbocycles. The minimum atomic E-state index is -0.994. The average Bonchev–Trinajstić information content (AvgIpc) is 2.88. The zero-order chi connectivity index (χ0) is 26.8. The van der Waals surface area contributed by atoms with Crippen molar-refractivity contribution in [3.63, 3.8) is 0 Å². The summed E-state index contributed by atoms with van der Waals surface area (Å²) in [5.41, 5.74) is 2.25. The van der Waals surface area contributed by atoms with Crippen LogP contribution in [0.2, 0.25) is 0 Å². The lowest BCUT2D eigenvalue weighted by molar-refractivity contribution is -0.101. The Hall–Kier alpha value is -3.71. The molecule has 1 fully saturated rings. The van der Waals surface area contributed by atoms with Gasteiger partial charge in [0.05, 0.1) is 22.9 Å². The van der Waals surface area contributed by atoms with Gasteiger partial charge in [-0.05, 0) is 44.0 Å². The molecule has 2 atom stereocenters. The molecule has 3 aromatic rings. The second kappa shape index (κ2) is 10.3. The van der Waals surface area contributed by atoms with Gasteiger partial charge in [0.25, 0.3) is 5.91 Å². The highest BCUT2D eigenvalue weighted by atomic mass is 16.6. The number of ether oxygens (including phenoxy) is 1. The predicted molar refractivity (Wildman–Crippen MR) is 143 cm³/mol. The molecular formula is C30H35N3O4. The maximum atomic E-state index is 13.3. The van der Waals surface area contributed by atoms with Crippen LogP contribution in [-0.4, -0.2) is 58.1 Å². The van der Waals surface area contributed by atoms with Gasteiger partial charge < -0.3 is 19.6 Å². The molecule has 2 aromatic carbocycles. The molecule has 2 unspecified atom stereocenters. The number of carbonyl (C=O) groups excluding carboxylic acids is 2. The summed E-state index contributed by atoms with van der Waals surface area (Å²) in [5, 5.41) is 10.6. The van der Waals surface area contributed by atoms with Gasteiger partial charge in [0.1, 0.15) is 5.60 Å². The number of amides is 2. The molecule has 7 nitrogen and oxygen atoms in total. The first-order chi connectivity index (χ1) is 17.5. The summed E-state index contributed by atoms with van der Waals surface area (Å²) in [6.45, 7) is 5.98. The van der Waals surface area contributed by atoms with E-state index in [1.54, 1.807) is 45.1 Å². The highest BCUT2D eigenvalue weighted by Crippen LogP contribution is 2.42. The number of rotatable bonds is 7. The summed E-state index contributed by atoms with van der Waals surface area (Å²) in [4.78, 5) is 33.1. The van der Waals surface area contributed by atoms with Crippen LogP contribution in [0.1, 0.15) is 61.1 Å². The summed E-state index contributed by atoms with van der Waals surface area (Å²) < 4.78 is 6.12. The summed E-state index contributed by atoms with van der Waals surface area (Å²) in [5.74, 6) is -0.0875. The van der Waals surface area contributed by atoms with Crippen LogP contribution in [-0.2, 0) is 10.3 Å². The second-order valence-corrected chi connectivity index (χ2v) is 10.6. The van der Waals surface area contributed by atoms with Crippen LogP contribution in [0.3, 0.4) is 0 Å². The van der Waals surface area contributed by atoms with E-state index in [0.29, 0.717) is 24.9 Å². The molecule has 37 heavy (non-hydrogen) atoms. The number of benzene rings is 2. The Morgan fingerprint density at radius 2 is 1.78 bits per heavy atom. The van der Waals surface area contributed by atoms with Gasteiger partial charge >= 0.3 is 6.09 Å². The number of hydrogen-bond acceptors (Lipinski definition) is 5. The maximum absolute atomic E-state index is 13.3. The first-order valence-electron chi connectivity index (χ1n) is 12.5. The second-order valence-electron chi connectivity index (χ2n) is 10.6. The van der Waals surface area contributed by atoms with Gasteiger partial charge in [-0.25, -0.2) is 4.79 Å². The number of hydrogen-bond donors (Lipinski definition) is 1. The molecule has 0 saturated carbocycles. The Balaban J connectivity index is 1.49. The smallest absolute Gasteiger partial charge is 0.411 e. The third-order valence-corrected chi connectivity index (χ3v) is 6.86. The minimum Gasteiger partial charge on any atom is -0.438 e. The number of aliphatic hydroxyl groups is 1. The molecule has 1 saturated heterocycles. The SMILES string of the molecule is CC(c1ccc(-c2ccc(C(=O)N(C)C)cn2)cc1)N1CCC(CC(C)(C)O)(c2ccccc2)OC1=O. The Kier molecular flexibility index (Phi) is 7.37. The van der Waals surface area contributed by atoms with Crippen molar-refractivity contribution in [3.8, 4) is 11.3 Å². The van der Waals surface area contributed by atoms with E-state index in [2.05, 4.69) is 4.98 Å². The van der Waals surface area contributed by atoms with E-state index in [-0.39, 0.29) is 11.9 Å². The number of pyridine rings is 1. The van der Waals surface area contributed by atoms with E-state index in [1.807, 2.05) is 67.6 Å². The molecular weight excluding hydrogens is 466 g/mol. The molecule has 1 N–H and O–H groups in total. The largest absolute Gasteiger partial charge is 0.438 e. The van der Waals surface area contributed by atoms with Crippen LogP contribution >= 0.6 is 0 Å². The Morgan fingerprint density at radius 1 is 1.11 bits per heavy atom. The fourth-order valence-electron chi connectivity index (χ4n) is 4.95. The minimum absolute atomic E-state index is 0.0875. The predicted octanol–water partition coefficient (Wildman–Crippen LogP) is 5.41. The first kappa shape index (κ1) is 26.4. The van der Waals surface area contributed by atoms with Crippen molar-refractivity contribution < 1.29 is 19.4 Å². The highest BCUT2D eigenvalue weighted by molar-refractivity contribution is 5.93. The molecule has 0 radical (unpaired) electrons. The van der Waals surface area contributed by atoms with E-state index >= 15 is 0 Å². The Morgan fingerprint density at radius 3 is 2.32 bits per heavy atom. The zero-order valence-corrected chi connectivity index (χ0v) is 22.1. The van der Waals surface area contributed by atoms with Crippen molar-refractivity contribution in [2.24, 2.45) is 0 Å². The van der Waals surface area contributed by atoms with Gasteiger partial charge in [-0.3, -0.25) is 9.78 Å². The molecule has 7 heteroatoms. The van der Waals surface area contributed by atoms with Crippen molar-refractivity contribution in [1.29, 1.82) is 0 Å². The molecule has 194 valence electrons. The number of carbonyl (C=O) groups is 2. The summed E-state index contributed by atoms with van der Waals surface area (Å²) >= 11 is 0. The molecule has 2 heterocycles. The monoisotopic (exact) mass is 501 g/mol. The van der Waals surface area contributed by atoms with Crippen LogP contribution in [0, 0.1) is 0 Å². The molecule has 2 amide bonds. The third-order valence-electron chi connectivity index (χ3n) is 6.86. The number of nitrogens with zero attached hydrogens (tertiary/aromatic N) is 3. The number of cyclic esters (lactones) is 1. The van der Waals surface area contributed by atoms with Gasteiger partial charge in [0.2, 0.25) is 0 Å². The number of aromatic nitrogens is 1. The maximum Gasteiger partial charge on any atom is 0.411 e. The van der Waals surface area contributed by atoms with Crippen molar-refractivity contribution in [1.82, 2.24) is 14.8 Å². The topological polar surface area (TPSA) is 83.0 Å². The van der Waals surface area contributed by atoms with Crippen LogP contribution in [0.25, 0.3) is 11.3 Å². The standard InChI is InChI=1S/C30H35N3O4/c1-21(22-11-13-23(14-12-22)26-16-15-24(19-31-26)27(34)32(4)5)33-18-17-30(37-28(33)35,20-29(2,3)36)25-9-7-6-8-10-25/h6-16,19,21,36H,17-18,20H2,1-5H3. The van der Waals surface area contributed by atoms with Crippen molar-refractivity contribution in [3.05, 3.63) is 89.6 Å². The van der Waals surface area contributed by atoms with Gasteiger partial charge in [-0.2, -0.15) is 0 Å². The van der Waals surface area contributed by atoms with E-state index in [0.717, 1.165) is 22.4 Å². The lowest BCUT2D eigenvalue weighted by atomic mass is 9.80. The molecule has 1 aromatic heterocycles. The van der Waals surface area contributed by atoms with Gasteiger partial charge in [-0.15, -0.1) is 0 Å². The highest BCUT2D eigenvalue weighted by Gasteiger charge is 2.46. The molecule has 4 rings (SSSR count). The van der Waals surface area contributed by atoms with Crippen LogP contribution in [0.4, 0.5) is 4.79 Å². The molecule has 1 aliphatic heterocycles. The Labute approximate surface area is 218 Å². The van der Waals surface area contributed by atoms with Gasteiger partial charge in [-0.1, -0.05) is 54.6 Å². The van der Waals surface area contributed by atoms with Crippen molar-refractivity contribution >= 4 is 12.0 Å². The van der Waals surface area contributed by atoms with Crippen molar-refractivity contribution in [2.75, 3.05) is 20.6 Å². The first-order valence-corrected chi connectivity index (χ1v) is 12.5. The quantitative estimate of drug-likeness (QED) is 0.468. The summed E-state index contributed by atoms with van der Waals surface area (Å²) in [7, 11) is 3.42. The van der Waals surface area contributed by atoms with Crippen LogP contribution < -0.4 is 0 Å². The zero-order valence-electron chi connectivity index (χ0n) is 22.1. The summed E-state index contributed by atoms with van der Waals surface area (Å²) in [6.07, 6.45) is 2.10. The van der Waals surface area contributed by atoms with E-state index in [1.165, 1.54) is 4.90 Å².